The molecule has 0 bridgehead atoms. The molecule has 2 N–H and O–H groups in total. The van der Waals surface area contributed by atoms with Gasteiger partial charge in [-0.1, -0.05) is 12.1 Å². The molecule has 1 aromatic carbocycles. The largest absolute Gasteiger partial charge is 0.383 e. The molecule has 0 fully saturated rings. The first-order valence-electron chi connectivity index (χ1n) is 6.31. The van der Waals surface area contributed by atoms with Crippen molar-refractivity contribution in [3.8, 4) is 0 Å². The molecular weight excluding hydrogens is 273 g/mol. The fraction of sp³-hybridized carbons (Fsp3) is 0.200. The van der Waals surface area contributed by atoms with Crippen molar-refractivity contribution in [3.63, 3.8) is 0 Å². The molecule has 3 rings (SSSR count). The Bertz CT molecular complexity index is 795. The monoisotopic (exact) mass is 287 g/mol. The van der Waals surface area contributed by atoms with E-state index in [9.17, 15) is 4.39 Å². The number of rotatable bonds is 2. The normalized spacial score (nSPS) is 11.2. The fourth-order valence-electron chi connectivity index (χ4n) is 2.24. The standard InChI is InChI=1S/C15H14FN3S/c1-8-9(2)20-15-13(8)14(17)18-12(19-15)7-10-4-3-5-11(16)6-10/h3-6H,7H2,1-2H3,(H2,17,18,19). The van der Waals surface area contributed by atoms with Crippen LogP contribution in [0.2, 0.25) is 0 Å². The predicted molar refractivity (Wildman–Crippen MR) is 80.5 cm³/mol. The summed E-state index contributed by atoms with van der Waals surface area (Å²) in [6.45, 7) is 4.08. The first kappa shape index (κ1) is 13.0. The number of aryl methyl sites for hydroxylation is 2. The summed E-state index contributed by atoms with van der Waals surface area (Å²) in [5, 5.41) is 0.940. The minimum atomic E-state index is -0.251. The molecule has 2 aromatic heterocycles. The van der Waals surface area contributed by atoms with Gasteiger partial charge < -0.3 is 5.73 Å². The van der Waals surface area contributed by atoms with Crippen LogP contribution < -0.4 is 5.73 Å². The summed E-state index contributed by atoms with van der Waals surface area (Å²) in [6, 6.07) is 6.46. The van der Waals surface area contributed by atoms with Gasteiger partial charge in [0.25, 0.3) is 0 Å². The lowest BCUT2D eigenvalue weighted by atomic mass is 10.1. The predicted octanol–water partition coefficient (Wildman–Crippen LogP) is 3.62. The molecule has 0 atom stereocenters. The van der Waals surface area contributed by atoms with Crippen molar-refractivity contribution in [3.05, 3.63) is 51.9 Å². The Balaban J connectivity index is 2.05. The highest BCUT2D eigenvalue weighted by Crippen LogP contribution is 2.32. The third-order valence-electron chi connectivity index (χ3n) is 3.35. The molecule has 0 spiro atoms. The molecule has 0 saturated heterocycles. The lowest BCUT2D eigenvalue weighted by Gasteiger charge is -2.04. The van der Waals surface area contributed by atoms with E-state index in [-0.39, 0.29) is 5.82 Å². The number of nitrogens with two attached hydrogens (primary N) is 1. The Hall–Kier alpha value is -2.01. The van der Waals surface area contributed by atoms with E-state index < -0.39 is 0 Å². The first-order chi connectivity index (χ1) is 9.54. The SMILES string of the molecule is Cc1sc2nc(Cc3cccc(F)c3)nc(N)c2c1C. The topological polar surface area (TPSA) is 51.8 Å². The first-order valence-corrected chi connectivity index (χ1v) is 7.13. The Morgan fingerprint density at radius 1 is 1.25 bits per heavy atom. The smallest absolute Gasteiger partial charge is 0.136 e. The zero-order valence-electron chi connectivity index (χ0n) is 11.3. The number of nitrogens with zero attached hydrogens (tertiary/aromatic N) is 2. The second-order valence-electron chi connectivity index (χ2n) is 4.80. The number of aromatic nitrogens is 2. The van der Waals surface area contributed by atoms with Gasteiger partial charge in [0.2, 0.25) is 0 Å². The van der Waals surface area contributed by atoms with Gasteiger partial charge in [-0.3, -0.25) is 0 Å². The Morgan fingerprint density at radius 2 is 2.05 bits per heavy atom. The molecule has 0 aliphatic carbocycles. The number of benzene rings is 1. The van der Waals surface area contributed by atoms with Crippen molar-refractivity contribution in [1.29, 1.82) is 0 Å². The van der Waals surface area contributed by atoms with E-state index in [1.807, 2.05) is 19.9 Å². The molecule has 0 unspecified atom stereocenters. The number of fused-ring (bicyclic) bond motifs is 1. The summed E-state index contributed by atoms with van der Waals surface area (Å²) in [6.07, 6.45) is 0.480. The summed E-state index contributed by atoms with van der Waals surface area (Å²) in [5.74, 6) is 0.879. The van der Waals surface area contributed by atoms with Crippen molar-refractivity contribution in [2.45, 2.75) is 20.3 Å². The minimum Gasteiger partial charge on any atom is -0.383 e. The number of thiophene rings is 1. The van der Waals surface area contributed by atoms with Crippen molar-refractivity contribution in [2.75, 3.05) is 5.73 Å². The molecular formula is C15H14FN3S. The quantitative estimate of drug-likeness (QED) is 0.783. The molecule has 0 radical (unpaired) electrons. The average Bonchev–Trinajstić information content (AvgIpc) is 2.65. The number of hydrogen-bond acceptors (Lipinski definition) is 4. The average molecular weight is 287 g/mol. The van der Waals surface area contributed by atoms with Crippen LogP contribution in [0.1, 0.15) is 21.8 Å². The van der Waals surface area contributed by atoms with Crippen LogP contribution in [0.3, 0.4) is 0 Å². The van der Waals surface area contributed by atoms with E-state index in [1.54, 1.807) is 17.4 Å². The maximum absolute atomic E-state index is 13.2. The van der Waals surface area contributed by atoms with Gasteiger partial charge in [-0.25, -0.2) is 14.4 Å². The maximum atomic E-state index is 13.2. The molecule has 20 heavy (non-hydrogen) atoms. The molecule has 0 saturated carbocycles. The molecule has 0 amide bonds. The second kappa shape index (κ2) is 4.83. The van der Waals surface area contributed by atoms with E-state index in [0.717, 1.165) is 21.3 Å². The highest BCUT2D eigenvalue weighted by molar-refractivity contribution is 7.18. The van der Waals surface area contributed by atoms with E-state index in [1.165, 1.54) is 17.0 Å². The van der Waals surface area contributed by atoms with Gasteiger partial charge in [0.05, 0.1) is 5.39 Å². The third kappa shape index (κ3) is 2.25. The van der Waals surface area contributed by atoms with Crippen molar-refractivity contribution in [2.24, 2.45) is 0 Å². The van der Waals surface area contributed by atoms with Gasteiger partial charge >= 0.3 is 0 Å². The van der Waals surface area contributed by atoms with E-state index in [4.69, 9.17) is 5.73 Å². The van der Waals surface area contributed by atoms with Crippen LogP contribution in [-0.4, -0.2) is 9.97 Å². The van der Waals surface area contributed by atoms with Crippen LogP contribution in [0, 0.1) is 19.7 Å². The van der Waals surface area contributed by atoms with Gasteiger partial charge in [0.1, 0.15) is 22.3 Å². The van der Waals surface area contributed by atoms with Crippen LogP contribution in [0.15, 0.2) is 24.3 Å². The maximum Gasteiger partial charge on any atom is 0.136 e. The van der Waals surface area contributed by atoms with Crippen LogP contribution in [0.4, 0.5) is 10.2 Å². The van der Waals surface area contributed by atoms with Gasteiger partial charge in [0.15, 0.2) is 0 Å². The van der Waals surface area contributed by atoms with Gasteiger partial charge in [-0.2, -0.15) is 0 Å². The van der Waals surface area contributed by atoms with Gasteiger partial charge in [-0.15, -0.1) is 11.3 Å². The van der Waals surface area contributed by atoms with E-state index in [2.05, 4.69) is 9.97 Å². The summed E-state index contributed by atoms with van der Waals surface area (Å²) in [7, 11) is 0. The number of halogens is 1. The molecule has 102 valence electrons. The molecule has 0 aliphatic rings. The van der Waals surface area contributed by atoms with E-state index >= 15 is 0 Å². The highest BCUT2D eigenvalue weighted by atomic mass is 32.1. The van der Waals surface area contributed by atoms with E-state index in [0.29, 0.717) is 18.1 Å². The fourth-order valence-corrected chi connectivity index (χ4v) is 3.29. The molecule has 2 heterocycles. The van der Waals surface area contributed by atoms with Crippen molar-refractivity contribution >= 4 is 27.4 Å². The summed E-state index contributed by atoms with van der Waals surface area (Å²) in [4.78, 5) is 11.0. The van der Waals surface area contributed by atoms with Crippen LogP contribution in [0.5, 0.6) is 0 Å². The van der Waals surface area contributed by atoms with Gasteiger partial charge in [-0.05, 0) is 37.1 Å². The van der Waals surface area contributed by atoms with Gasteiger partial charge in [0, 0.05) is 11.3 Å². The van der Waals surface area contributed by atoms with Crippen molar-refractivity contribution in [1.82, 2.24) is 9.97 Å². The summed E-state index contributed by atoms with van der Waals surface area (Å²) >= 11 is 1.62. The van der Waals surface area contributed by atoms with Crippen LogP contribution in [0.25, 0.3) is 10.2 Å². The Kier molecular flexibility index (Phi) is 3.14. The Morgan fingerprint density at radius 3 is 2.80 bits per heavy atom. The third-order valence-corrected chi connectivity index (χ3v) is 4.46. The number of anilines is 1. The number of nitrogen functional groups attached to an aromatic ring is 1. The molecule has 3 aromatic rings. The lowest BCUT2D eigenvalue weighted by molar-refractivity contribution is 0.626. The second-order valence-corrected chi connectivity index (χ2v) is 6.00. The molecule has 0 aliphatic heterocycles. The summed E-state index contributed by atoms with van der Waals surface area (Å²) < 4.78 is 13.2. The molecule has 5 heteroatoms. The number of hydrogen-bond donors (Lipinski definition) is 1. The zero-order chi connectivity index (χ0) is 14.3. The van der Waals surface area contributed by atoms with Crippen LogP contribution in [-0.2, 0) is 6.42 Å². The van der Waals surface area contributed by atoms with Crippen LogP contribution >= 0.6 is 11.3 Å². The highest BCUT2D eigenvalue weighted by Gasteiger charge is 2.12. The molecule has 3 nitrogen and oxygen atoms in total. The summed E-state index contributed by atoms with van der Waals surface area (Å²) in [5.41, 5.74) is 8.02. The zero-order valence-corrected chi connectivity index (χ0v) is 12.1. The van der Waals surface area contributed by atoms with Crippen molar-refractivity contribution < 1.29 is 4.39 Å². The Labute approximate surface area is 120 Å². The lowest BCUT2D eigenvalue weighted by Crippen LogP contribution is -2.01. The minimum absolute atomic E-state index is 0.251.